The van der Waals surface area contributed by atoms with Crippen molar-refractivity contribution in [3.05, 3.63) is 45.5 Å². The molecule has 0 unspecified atom stereocenters. The Kier molecular flexibility index (Phi) is 7.12. The van der Waals surface area contributed by atoms with E-state index >= 15 is 4.39 Å². The summed E-state index contributed by atoms with van der Waals surface area (Å²) in [7, 11) is 4.74. The van der Waals surface area contributed by atoms with Crippen molar-refractivity contribution in [3.63, 3.8) is 0 Å². The Morgan fingerprint density at radius 1 is 1.21 bits per heavy atom. The Labute approximate surface area is 218 Å². The molecule has 1 saturated carbocycles. The molecule has 0 heterocycles. The Hall–Kier alpha value is -3.32. The van der Waals surface area contributed by atoms with Crippen molar-refractivity contribution in [2.45, 2.75) is 37.5 Å². The number of benzene rings is 1. The maximum Gasteiger partial charge on any atom is 0.255 e. The Morgan fingerprint density at radius 2 is 1.87 bits per heavy atom. The maximum absolute atomic E-state index is 15.7. The third-order valence-corrected chi connectivity index (χ3v) is 7.87. The smallest absolute Gasteiger partial charge is 0.255 e. The number of phenolic OH excluding ortho intramolecular Hbond substituents is 1. The van der Waals surface area contributed by atoms with Gasteiger partial charge in [-0.2, -0.15) is 0 Å². The summed E-state index contributed by atoms with van der Waals surface area (Å²) in [6.45, 7) is 0.557. The molecule has 3 aliphatic carbocycles. The highest BCUT2D eigenvalue weighted by atomic mass is 19.1. The van der Waals surface area contributed by atoms with Gasteiger partial charge in [0.15, 0.2) is 11.4 Å². The molecule has 4 rings (SSSR count). The molecule has 1 aromatic rings. The van der Waals surface area contributed by atoms with E-state index in [0.717, 1.165) is 6.07 Å². The second-order valence-electron chi connectivity index (χ2n) is 10.5. The standard InChI is InChI=1S/C26H32FN3O8/c1-29(2)20-14-8-11-7-13-17(15(32)9-12(19(13)27)10-30(3)5-4-6-31)21(33)16(11)23(35)26(14,38)24(36)18(22(20)34)25(28)37/h9,11,14,20,31-33,36,38H,4-8,10H2,1-3H3,(H2,28,37)/t11-,14-,20-,26-/m0/s1. The summed E-state index contributed by atoms with van der Waals surface area (Å²) in [5.41, 5.74) is 1.18. The minimum Gasteiger partial charge on any atom is -0.508 e. The van der Waals surface area contributed by atoms with Crippen LogP contribution in [0.25, 0.3) is 5.76 Å². The molecule has 0 spiro atoms. The van der Waals surface area contributed by atoms with Gasteiger partial charge in [-0.05, 0) is 52.4 Å². The molecule has 1 aromatic carbocycles. The van der Waals surface area contributed by atoms with Crippen LogP contribution in [0.2, 0.25) is 0 Å². The normalized spacial score (nSPS) is 27.1. The number of nitrogens with two attached hydrogens (primary N) is 1. The molecule has 1 amide bonds. The van der Waals surface area contributed by atoms with Gasteiger partial charge < -0.3 is 36.2 Å². The Balaban J connectivity index is 1.86. The number of aliphatic hydroxyl groups excluding tert-OH is 3. The van der Waals surface area contributed by atoms with E-state index in [9.17, 15) is 34.8 Å². The summed E-state index contributed by atoms with van der Waals surface area (Å²) in [5, 5.41) is 53.3. The lowest BCUT2D eigenvalue weighted by atomic mass is 9.57. The van der Waals surface area contributed by atoms with E-state index < -0.39 is 69.6 Å². The predicted molar refractivity (Wildman–Crippen MR) is 132 cm³/mol. The lowest BCUT2D eigenvalue weighted by molar-refractivity contribution is -0.153. The molecule has 0 bridgehead atoms. The van der Waals surface area contributed by atoms with E-state index in [1.54, 1.807) is 11.9 Å². The number of amides is 1. The first-order valence-corrected chi connectivity index (χ1v) is 12.2. The number of fused-ring (bicyclic) bond motifs is 3. The van der Waals surface area contributed by atoms with Gasteiger partial charge in [-0.15, -0.1) is 0 Å². The SMILES string of the molecule is CN(CCCO)Cc1cc(O)c2c(c1F)C[C@H]1C[C@H]3[C@H](N(C)C)C(=O)C(C(N)=O)=C(O)[C@@]3(O)C(=O)C1=C2O. The van der Waals surface area contributed by atoms with E-state index in [4.69, 9.17) is 10.8 Å². The molecule has 4 atom stereocenters. The number of aromatic hydroxyl groups is 1. The van der Waals surface area contributed by atoms with Gasteiger partial charge in [0.2, 0.25) is 5.78 Å². The van der Waals surface area contributed by atoms with Crippen LogP contribution in [0.4, 0.5) is 4.39 Å². The van der Waals surface area contributed by atoms with Crippen LogP contribution < -0.4 is 5.73 Å². The fraction of sp³-hybridized carbons (Fsp3) is 0.500. The van der Waals surface area contributed by atoms with E-state index in [0.29, 0.717) is 13.0 Å². The second kappa shape index (κ2) is 9.77. The number of rotatable bonds is 7. The quantitative estimate of drug-likeness (QED) is 0.259. The van der Waals surface area contributed by atoms with Crippen molar-refractivity contribution in [2.24, 2.45) is 17.6 Å². The molecular weight excluding hydrogens is 501 g/mol. The van der Waals surface area contributed by atoms with Gasteiger partial charge >= 0.3 is 0 Å². The van der Waals surface area contributed by atoms with Gasteiger partial charge in [-0.25, -0.2) is 4.39 Å². The molecule has 0 aliphatic heterocycles. The molecule has 12 heteroatoms. The molecule has 206 valence electrons. The Bertz CT molecular complexity index is 1290. The highest BCUT2D eigenvalue weighted by Gasteiger charge is 2.64. The summed E-state index contributed by atoms with van der Waals surface area (Å²) in [5.74, 6) is -8.46. The molecule has 1 fully saturated rings. The lowest BCUT2D eigenvalue weighted by Gasteiger charge is -2.50. The van der Waals surface area contributed by atoms with Crippen molar-refractivity contribution in [2.75, 3.05) is 34.3 Å². The lowest BCUT2D eigenvalue weighted by Crippen LogP contribution is -2.65. The van der Waals surface area contributed by atoms with Crippen LogP contribution in [0.15, 0.2) is 23.0 Å². The van der Waals surface area contributed by atoms with Gasteiger partial charge in [0.25, 0.3) is 5.91 Å². The zero-order chi connectivity index (χ0) is 28.3. The highest BCUT2D eigenvalue weighted by molar-refractivity contribution is 6.24. The summed E-state index contributed by atoms with van der Waals surface area (Å²) < 4.78 is 15.7. The van der Waals surface area contributed by atoms with Gasteiger partial charge in [0.1, 0.15) is 28.7 Å². The monoisotopic (exact) mass is 533 g/mol. The maximum atomic E-state index is 15.7. The zero-order valence-corrected chi connectivity index (χ0v) is 21.4. The van der Waals surface area contributed by atoms with Gasteiger partial charge in [-0.1, -0.05) is 0 Å². The largest absolute Gasteiger partial charge is 0.508 e. The number of primary amides is 1. The average molecular weight is 534 g/mol. The minimum absolute atomic E-state index is 0.0128. The number of nitrogens with zero attached hydrogens (tertiary/aromatic N) is 2. The van der Waals surface area contributed by atoms with E-state index in [2.05, 4.69) is 0 Å². The second-order valence-corrected chi connectivity index (χ2v) is 10.5. The predicted octanol–water partition coefficient (Wildman–Crippen LogP) is -0.0827. The highest BCUT2D eigenvalue weighted by Crippen LogP contribution is 2.53. The van der Waals surface area contributed by atoms with E-state index in [-0.39, 0.29) is 48.3 Å². The molecule has 3 aliphatic rings. The number of ketones is 2. The molecule has 38 heavy (non-hydrogen) atoms. The summed E-state index contributed by atoms with van der Waals surface area (Å²) in [6, 6.07) is -0.0627. The summed E-state index contributed by atoms with van der Waals surface area (Å²) in [4.78, 5) is 42.0. The van der Waals surface area contributed by atoms with Crippen molar-refractivity contribution in [1.82, 2.24) is 9.80 Å². The van der Waals surface area contributed by atoms with Gasteiger partial charge in [-0.3, -0.25) is 19.3 Å². The van der Waals surface area contributed by atoms with Crippen LogP contribution in [0.1, 0.15) is 29.5 Å². The van der Waals surface area contributed by atoms with Crippen LogP contribution in [0.5, 0.6) is 5.75 Å². The molecule has 11 nitrogen and oxygen atoms in total. The van der Waals surface area contributed by atoms with Crippen molar-refractivity contribution >= 4 is 23.2 Å². The number of phenols is 1. The number of hydrogen-bond acceptors (Lipinski definition) is 10. The first-order valence-electron chi connectivity index (χ1n) is 12.2. The number of carbonyl (C=O) groups excluding carboxylic acids is 3. The van der Waals surface area contributed by atoms with Crippen LogP contribution >= 0.6 is 0 Å². The molecule has 0 radical (unpaired) electrons. The first kappa shape index (κ1) is 27.7. The number of aliphatic hydroxyl groups is 4. The third-order valence-electron chi connectivity index (χ3n) is 7.87. The van der Waals surface area contributed by atoms with E-state index in [1.807, 2.05) is 0 Å². The zero-order valence-electron chi connectivity index (χ0n) is 21.4. The average Bonchev–Trinajstić information content (AvgIpc) is 2.82. The van der Waals surface area contributed by atoms with Crippen LogP contribution in [0.3, 0.4) is 0 Å². The van der Waals surface area contributed by atoms with Crippen molar-refractivity contribution < 1.29 is 44.3 Å². The summed E-state index contributed by atoms with van der Waals surface area (Å²) in [6.07, 6.45) is 0.232. The van der Waals surface area contributed by atoms with Gasteiger partial charge in [0, 0.05) is 42.3 Å². The molecule has 7 N–H and O–H groups in total. The summed E-state index contributed by atoms with van der Waals surface area (Å²) >= 11 is 0. The van der Waals surface area contributed by atoms with Gasteiger partial charge in [0.05, 0.1) is 11.6 Å². The molecule has 0 saturated heterocycles. The number of carbonyl (C=O) groups is 3. The third kappa shape index (κ3) is 3.99. The molecular formula is C26H32FN3O8. The van der Waals surface area contributed by atoms with Crippen LogP contribution in [0, 0.1) is 17.7 Å². The molecule has 0 aromatic heterocycles. The minimum atomic E-state index is -2.74. The number of halogens is 1. The number of hydrogen-bond donors (Lipinski definition) is 6. The fourth-order valence-electron chi connectivity index (χ4n) is 6.17. The van der Waals surface area contributed by atoms with Crippen LogP contribution in [-0.2, 0) is 27.3 Å². The number of Topliss-reactive ketones (excluding diaryl/α,β-unsaturated/α-hetero) is 2. The first-order chi connectivity index (χ1) is 17.8. The Morgan fingerprint density at radius 3 is 2.45 bits per heavy atom. The van der Waals surface area contributed by atoms with Crippen molar-refractivity contribution in [1.29, 1.82) is 0 Å². The van der Waals surface area contributed by atoms with Crippen LogP contribution in [-0.4, -0.2) is 98.7 Å². The fourth-order valence-corrected chi connectivity index (χ4v) is 6.17. The topological polar surface area (TPSA) is 185 Å². The van der Waals surface area contributed by atoms with Crippen molar-refractivity contribution in [3.8, 4) is 5.75 Å². The van der Waals surface area contributed by atoms with E-state index in [1.165, 1.54) is 19.0 Å². The number of likely N-dealkylation sites (N-methyl/N-ethyl adjacent to an activating group) is 1.